The van der Waals surface area contributed by atoms with Crippen molar-refractivity contribution in [1.82, 2.24) is 5.32 Å². The summed E-state index contributed by atoms with van der Waals surface area (Å²) >= 11 is 11.9. The number of halogens is 2. The lowest BCUT2D eigenvalue weighted by Crippen LogP contribution is -2.37. The quantitative estimate of drug-likeness (QED) is 0.904. The van der Waals surface area contributed by atoms with E-state index in [0.717, 1.165) is 19.3 Å². The van der Waals surface area contributed by atoms with Gasteiger partial charge in [-0.05, 0) is 31.4 Å². The molecule has 0 aliphatic heterocycles. The number of amides is 1. The Morgan fingerprint density at radius 2 is 2.00 bits per heavy atom. The predicted octanol–water partition coefficient (Wildman–Crippen LogP) is 3.42. The SMILES string of the molecule is N#CC1CCCC1NC(=O)c1c(Cl)cccc1Cl. The van der Waals surface area contributed by atoms with Gasteiger partial charge in [0.1, 0.15) is 0 Å². The van der Waals surface area contributed by atoms with Crippen LogP contribution in [0.2, 0.25) is 10.0 Å². The van der Waals surface area contributed by atoms with Gasteiger partial charge in [-0.1, -0.05) is 29.3 Å². The highest BCUT2D eigenvalue weighted by atomic mass is 35.5. The second-order valence-electron chi connectivity index (χ2n) is 4.34. The van der Waals surface area contributed by atoms with Gasteiger partial charge in [-0.3, -0.25) is 4.79 Å². The summed E-state index contributed by atoms with van der Waals surface area (Å²) in [4.78, 5) is 12.1. The van der Waals surface area contributed by atoms with E-state index in [-0.39, 0.29) is 23.4 Å². The van der Waals surface area contributed by atoms with Gasteiger partial charge in [0.15, 0.2) is 0 Å². The molecular weight excluding hydrogens is 271 g/mol. The number of rotatable bonds is 2. The van der Waals surface area contributed by atoms with E-state index < -0.39 is 0 Å². The smallest absolute Gasteiger partial charge is 0.254 e. The van der Waals surface area contributed by atoms with E-state index in [0.29, 0.717) is 10.0 Å². The standard InChI is InChI=1S/C13H12Cl2N2O/c14-9-4-2-5-10(15)12(9)13(18)17-11-6-1-3-8(11)7-16/h2,4-5,8,11H,1,3,6H2,(H,17,18). The topological polar surface area (TPSA) is 52.9 Å². The van der Waals surface area contributed by atoms with Crippen molar-refractivity contribution in [3.05, 3.63) is 33.8 Å². The van der Waals surface area contributed by atoms with E-state index in [1.807, 2.05) is 0 Å². The molecule has 0 radical (unpaired) electrons. The highest BCUT2D eigenvalue weighted by Gasteiger charge is 2.29. The Morgan fingerprint density at radius 1 is 1.33 bits per heavy atom. The first-order chi connectivity index (χ1) is 8.63. The summed E-state index contributed by atoms with van der Waals surface area (Å²) in [6, 6.07) is 7.05. The molecule has 0 saturated heterocycles. The molecule has 18 heavy (non-hydrogen) atoms. The molecule has 1 aromatic carbocycles. The van der Waals surface area contributed by atoms with Gasteiger partial charge in [0.2, 0.25) is 0 Å². The molecule has 0 spiro atoms. The van der Waals surface area contributed by atoms with Crippen molar-refractivity contribution < 1.29 is 4.79 Å². The molecular formula is C13H12Cl2N2O. The average molecular weight is 283 g/mol. The number of nitrogens with zero attached hydrogens (tertiary/aromatic N) is 1. The van der Waals surface area contributed by atoms with Gasteiger partial charge < -0.3 is 5.32 Å². The molecule has 1 saturated carbocycles. The van der Waals surface area contributed by atoms with Gasteiger partial charge in [0, 0.05) is 6.04 Å². The molecule has 94 valence electrons. The molecule has 0 bridgehead atoms. The fraction of sp³-hybridized carbons (Fsp3) is 0.385. The third kappa shape index (κ3) is 2.60. The van der Waals surface area contributed by atoms with Crippen LogP contribution in [0.3, 0.4) is 0 Å². The van der Waals surface area contributed by atoms with Crippen LogP contribution in [0.1, 0.15) is 29.6 Å². The van der Waals surface area contributed by atoms with Gasteiger partial charge in [-0.25, -0.2) is 0 Å². The monoisotopic (exact) mass is 282 g/mol. The normalized spacial score (nSPS) is 22.5. The van der Waals surface area contributed by atoms with Crippen LogP contribution in [0, 0.1) is 17.2 Å². The fourth-order valence-electron chi connectivity index (χ4n) is 2.24. The van der Waals surface area contributed by atoms with Gasteiger partial charge in [0.25, 0.3) is 5.91 Å². The number of nitriles is 1. The van der Waals surface area contributed by atoms with Crippen molar-refractivity contribution in [2.45, 2.75) is 25.3 Å². The Kier molecular flexibility index (Phi) is 4.11. The Balaban J connectivity index is 2.16. The number of nitrogens with one attached hydrogen (secondary N) is 1. The first-order valence-corrected chi connectivity index (χ1v) is 6.53. The van der Waals surface area contributed by atoms with E-state index in [1.165, 1.54) is 0 Å². The van der Waals surface area contributed by atoms with Crippen LogP contribution in [0.5, 0.6) is 0 Å². The lowest BCUT2D eigenvalue weighted by Gasteiger charge is -2.16. The number of hydrogen-bond donors (Lipinski definition) is 1. The molecule has 3 nitrogen and oxygen atoms in total. The minimum absolute atomic E-state index is 0.102. The Hall–Kier alpha value is -1.24. The number of carbonyl (C=O) groups excluding carboxylic acids is 1. The second kappa shape index (κ2) is 5.60. The maximum atomic E-state index is 12.1. The number of carbonyl (C=O) groups is 1. The predicted molar refractivity (Wildman–Crippen MR) is 70.7 cm³/mol. The van der Waals surface area contributed by atoms with Crippen molar-refractivity contribution in [2.75, 3.05) is 0 Å². The summed E-state index contributed by atoms with van der Waals surface area (Å²) in [5.74, 6) is -0.423. The number of benzene rings is 1. The Labute approximate surface area is 116 Å². The summed E-state index contributed by atoms with van der Waals surface area (Å²) in [6.07, 6.45) is 2.61. The van der Waals surface area contributed by atoms with Gasteiger partial charge in [-0.15, -0.1) is 0 Å². The van der Waals surface area contributed by atoms with Crippen LogP contribution in [0.4, 0.5) is 0 Å². The highest BCUT2D eigenvalue weighted by molar-refractivity contribution is 6.39. The minimum atomic E-state index is -0.308. The molecule has 2 unspecified atom stereocenters. The third-order valence-electron chi connectivity index (χ3n) is 3.19. The van der Waals surface area contributed by atoms with E-state index in [4.69, 9.17) is 28.5 Å². The lowest BCUT2D eigenvalue weighted by molar-refractivity contribution is 0.0933. The first-order valence-electron chi connectivity index (χ1n) is 5.78. The van der Waals surface area contributed by atoms with Gasteiger partial charge >= 0.3 is 0 Å². The molecule has 1 aliphatic carbocycles. The molecule has 1 N–H and O–H groups in total. The first kappa shape index (κ1) is 13.2. The average Bonchev–Trinajstić information content (AvgIpc) is 2.76. The van der Waals surface area contributed by atoms with Crippen LogP contribution in [-0.4, -0.2) is 11.9 Å². The highest BCUT2D eigenvalue weighted by Crippen LogP contribution is 2.27. The van der Waals surface area contributed by atoms with Crippen molar-refractivity contribution in [1.29, 1.82) is 5.26 Å². The van der Waals surface area contributed by atoms with E-state index in [1.54, 1.807) is 18.2 Å². The zero-order valence-corrected chi connectivity index (χ0v) is 11.1. The molecule has 0 heterocycles. The molecule has 0 aromatic heterocycles. The van der Waals surface area contributed by atoms with Crippen LogP contribution in [0.15, 0.2) is 18.2 Å². The zero-order valence-electron chi connectivity index (χ0n) is 9.62. The van der Waals surface area contributed by atoms with Crippen LogP contribution in [-0.2, 0) is 0 Å². The van der Waals surface area contributed by atoms with Gasteiger partial charge in [0.05, 0.1) is 27.6 Å². The maximum absolute atomic E-state index is 12.1. The van der Waals surface area contributed by atoms with E-state index in [9.17, 15) is 4.79 Å². The molecule has 2 rings (SSSR count). The van der Waals surface area contributed by atoms with Gasteiger partial charge in [-0.2, -0.15) is 5.26 Å². The molecule has 1 aliphatic rings. The summed E-state index contributed by atoms with van der Waals surface area (Å²) in [5.41, 5.74) is 0.282. The third-order valence-corrected chi connectivity index (χ3v) is 3.82. The summed E-state index contributed by atoms with van der Waals surface area (Å²) in [5, 5.41) is 12.5. The zero-order chi connectivity index (χ0) is 13.1. The molecule has 1 amide bonds. The largest absolute Gasteiger partial charge is 0.348 e. The Bertz CT molecular complexity index is 490. The molecule has 1 aromatic rings. The molecule has 2 atom stereocenters. The van der Waals surface area contributed by atoms with E-state index >= 15 is 0 Å². The van der Waals surface area contributed by atoms with Crippen molar-refractivity contribution in [2.24, 2.45) is 5.92 Å². The summed E-state index contributed by atoms with van der Waals surface area (Å²) in [6.45, 7) is 0. The minimum Gasteiger partial charge on any atom is -0.348 e. The van der Waals surface area contributed by atoms with Crippen molar-refractivity contribution >= 4 is 29.1 Å². The molecule has 5 heteroatoms. The van der Waals surface area contributed by atoms with Crippen molar-refractivity contribution in [3.8, 4) is 6.07 Å². The maximum Gasteiger partial charge on any atom is 0.254 e. The fourth-order valence-corrected chi connectivity index (χ4v) is 2.81. The second-order valence-corrected chi connectivity index (χ2v) is 5.16. The Morgan fingerprint density at radius 3 is 2.61 bits per heavy atom. The summed E-state index contributed by atoms with van der Waals surface area (Å²) < 4.78 is 0. The van der Waals surface area contributed by atoms with Crippen molar-refractivity contribution in [3.63, 3.8) is 0 Å². The molecule has 1 fully saturated rings. The van der Waals surface area contributed by atoms with Crippen LogP contribution < -0.4 is 5.32 Å². The summed E-state index contributed by atoms with van der Waals surface area (Å²) in [7, 11) is 0. The van der Waals surface area contributed by atoms with Crippen LogP contribution >= 0.6 is 23.2 Å². The lowest BCUT2D eigenvalue weighted by atomic mass is 10.1. The van der Waals surface area contributed by atoms with E-state index in [2.05, 4.69) is 11.4 Å². The number of hydrogen-bond acceptors (Lipinski definition) is 2. The van der Waals surface area contributed by atoms with Crippen LogP contribution in [0.25, 0.3) is 0 Å².